The summed E-state index contributed by atoms with van der Waals surface area (Å²) in [5.74, 6) is -1.34. The van der Waals surface area contributed by atoms with E-state index in [1.807, 2.05) is 0 Å². The zero-order valence-corrected chi connectivity index (χ0v) is 17.3. The Kier molecular flexibility index (Phi) is 6.14. The summed E-state index contributed by atoms with van der Waals surface area (Å²) in [6.07, 6.45) is -4.61. The summed E-state index contributed by atoms with van der Waals surface area (Å²) in [7, 11) is 0. The number of hydrogen-bond acceptors (Lipinski definition) is 3. The molecule has 0 fully saturated rings. The number of fused-ring (bicyclic) bond motifs is 1. The molecular formula is C24H16F5NO4. The third-order valence-electron chi connectivity index (χ3n) is 5.09. The van der Waals surface area contributed by atoms with E-state index in [-0.39, 0.29) is 23.6 Å². The molecule has 0 saturated heterocycles. The van der Waals surface area contributed by atoms with Gasteiger partial charge >= 0.3 is 12.3 Å². The standard InChI is InChI=1S/C24H16F5NO4/c25-16-6-7-21(33-13-14-4-5-17(26)11-19(14)24(27,28)29)15(10-16)12-30-9-8-18-20(30)2-1-3-22(18)34-23(31)32/h1-11H,12-13H2,(H,31,32). The molecule has 5 nitrogen and oxygen atoms in total. The maximum absolute atomic E-state index is 14.0. The van der Waals surface area contributed by atoms with Crippen LogP contribution in [0.3, 0.4) is 0 Å². The van der Waals surface area contributed by atoms with E-state index in [0.717, 1.165) is 18.2 Å². The third-order valence-corrected chi connectivity index (χ3v) is 5.09. The van der Waals surface area contributed by atoms with Crippen molar-refractivity contribution in [2.45, 2.75) is 19.3 Å². The fourth-order valence-corrected chi connectivity index (χ4v) is 3.61. The van der Waals surface area contributed by atoms with Crippen LogP contribution in [0.4, 0.5) is 26.7 Å². The summed E-state index contributed by atoms with van der Waals surface area (Å²) in [6.45, 7) is -0.445. The molecule has 3 aromatic carbocycles. The molecule has 0 spiro atoms. The van der Waals surface area contributed by atoms with Gasteiger partial charge in [0.2, 0.25) is 0 Å². The number of hydrogen-bond donors (Lipinski definition) is 1. The van der Waals surface area contributed by atoms with E-state index in [4.69, 9.17) is 14.6 Å². The fraction of sp³-hybridized carbons (Fsp3) is 0.125. The summed E-state index contributed by atoms with van der Waals surface area (Å²) in [6, 6.07) is 12.3. The zero-order chi connectivity index (χ0) is 24.5. The lowest BCUT2D eigenvalue weighted by Gasteiger charge is -2.16. The van der Waals surface area contributed by atoms with E-state index >= 15 is 0 Å². The molecular weight excluding hydrogens is 461 g/mol. The van der Waals surface area contributed by atoms with E-state index in [1.165, 1.54) is 18.2 Å². The Hall–Kier alpha value is -4.08. The van der Waals surface area contributed by atoms with Gasteiger partial charge in [0.25, 0.3) is 0 Å². The first-order valence-corrected chi connectivity index (χ1v) is 9.87. The second kappa shape index (κ2) is 9.05. The molecule has 10 heteroatoms. The summed E-state index contributed by atoms with van der Waals surface area (Å²) in [4.78, 5) is 10.9. The van der Waals surface area contributed by atoms with Gasteiger partial charge in [-0.2, -0.15) is 13.2 Å². The Bertz CT molecular complexity index is 1360. The van der Waals surface area contributed by atoms with E-state index in [0.29, 0.717) is 22.5 Å². The van der Waals surface area contributed by atoms with Crippen molar-refractivity contribution in [1.29, 1.82) is 0 Å². The van der Waals surface area contributed by atoms with Crippen LogP contribution in [0.2, 0.25) is 0 Å². The zero-order valence-electron chi connectivity index (χ0n) is 17.3. The largest absolute Gasteiger partial charge is 0.511 e. The van der Waals surface area contributed by atoms with Crippen LogP contribution in [0.1, 0.15) is 16.7 Å². The van der Waals surface area contributed by atoms with E-state index in [1.54, 1.807) is 29.0 Å². The van der Waals surface area contributed by atoms with Gasteiger partial charge in [-0.1, -0.05) is 12.1 Å². The Morgan fingerprint density at radius 3 is 2.38 bits per heavy atom. The molecule has 1 N–H and O–H groups in total. The number of carboxylic acid groups (broad SMARTS) is 1. The molecule has 4 aromatic rings. The van der Waals surface area contributed by atoms with Crippen LogP contribution >= 0.6 is 0 Å². The first kappa shape index (κ1) is 23.1. The monoisotopic (exact) mass is 477 g/mol. The van der Waals surface area contributed by atoms with Gasteiger partial charge in [0.05, 0.1) is 17.6 Å². The molecule has 4 rings (SSSR count). The number of carbonyl (C=O) groups is 1. The molecule has 0 radical (unpaired) electrons. The summed E-state index contributed by atoms with van der Waals surface area (Å²) in [5.41, 5.74) is -0.505. The molecule has 1 aromatic heterocycles. The number of alkyl halides is 3. The predicted molar refractivity (Wildman–Crippen MR) is 112 cm³/mol. The van der Waals surface area contributed by atoms with Gasteiger partial charge < -0.3 is 19.1 Å². The molecule has 0 aliphatic rings. The van der Waals surface area contributed by atoms with Crippen molar-refractivity contribution in [1.82, 2.24) is 4.57 Å². The van der Waals surface area contributed by atoms with E-state index in [9.17, 15) is 26.7 Å². The number of rotatable bonds is 6. The molecule has 34 heavy (non-hydrogen) atoms. The highest BCUT2D eigenvalue weighted by Gasteiger charge is 2.34. The minimum atomic E-state index is -4.77. The Morgan fingerprint density at radius 1 is 0.912 bits per heavy atom. The maximum atomic E-state index is 14.0. The van der Waals surface area contributed by atoms with Gasteiger partial charge in [-0.3, -0.25) is 0 Å². The molecule has 0 saturated carbocycles. The summed E-state index contributed by atoms with van der Waals surface area (Å²) in [5, 5.41) is 9.40. The highest BCUT2D eigenvalue weighted by Crippen LogP contribution is 2.34. The smallest absolute Gasteiger partial charge is 0.489 e. The van der Waals surface area contributed by atoms with Crippen molar-refractivity contribution in [3.05, 3.63) is 95.2 Å². The molecule has 176 valence electrons. The lowest BCUT2D eigenvalue weighted by Crippen LogP contribution is -2.12. The van der Waals surface area contributed by atoms with Crippen LogP contribution in [-0.2, 0) is 19.3 Å². The number of halogens is 5. The van der Waals surface area contributed by atoms with Crippen molar-refractivity contribution in [2.24, 2.45) is 0 Å². The highest BCUT2D eigenvalue weighted by molar-refractivity contribution is 5.88. The molecule has 0 atom stereocenters. The molecule has 1 heterocycles. The van der Waals surface area contributed by atoms with Crippen LogP contribution in [-0.4, -0.2) is 15.8 Å². The number of aromatic nitrogens is 1. The molecule has 0 aliphatic heterocycles. The summed E-state index contributed by atoms with van der Waals surface area (Å²) >= 11 is 0. The quantitative estimate of drug-likeness (QED) is 0.193. The van der Waals surface area contributed by atoms with Gasteiger partial charge in [0, 0.05) is 22.7 Å². The van der Waals surface area contributed by atoms with Gasteiger partial charge in [-0.25, -0.2) is 13.6 Å². The van der Waals surface area contributed by atoms with Crippen LogP contribution in [0.15, 0.2) is 66.9 Å². The Labute approximate surface area is 189 Å². The molecule has 0 unspecified atom stereocenters. The topological polar surface area (TPSA) is 60.7 Å². The lowest BCUT2D eigenvalue weighted by molar-refractivity contribution is -0.138. The SMILES string of the molecule is O=C(O)Oc1cccc2c1ccn2Cc1cc(F)ccc1OCc1ccc(F)cc1C(F)(F)F. The maximum Gasteiger partial charge on any atom is 0.511 e. The van der Waals surface area contributed by atoms with Crippen LogP contribution < -0.4 is 9.47 Å². The predicted octanol–water partition coefficient (Wildman–Crippen LogP) is 6.62. The van der Waals surface area contributed by atoms with Gasteiger partial charge in [-0.05, 0) is 48.5 Å². The van der Waals surface area contributed by atoms with Crippen LogP contribution in [0.5, 0.6) is 11.5 Å². The minimum absolute atomic E-state index is 0.0721. The van der Waals surface area contributed by atoms with E-state index < -0.39 is 36.1 Å². The molecule has 0 amide bonds. The Morgan fingerprint density at radius 2 is 1.65 bits per heavy atom. The van der Waals surface area contributed by atoms with Crippen molar-refractivity contribution in [2.75, 3.05) is 0 Å². The minimum Gasteiger partial charge on any atom is -0.489 e. The molecule has 0 aliphatic carbocycles. The van der Waals surface area contributed by atoms with Crippen LogP contribution in [0.25, 0.3) is 10.9 Å². The van der Waals surface area contributed by atoms with Crippen molar-refractivity contribution in [3.63, 3.8) is 0 Å². The number of benzene rings is 3. The lowest BCUT2D eigenvalue weighted by atomic mass is 10.1. The van der Waals surface area contributed by atoms with Crippen molar-refractivity contribution < 1.29 is 41.3 Å². The van der Waals surface area contributed by atoms with Gasteiger partial charge in [0.1, 0.15) is 29.7 Å². The average molecular weight is 477 g/mol. The van der Waals surface area contributed by atoms with E-state index in [2.05, 4.69) is 0 Å². The van der Waals surface area contributed by atoms with Crippen molar-refractivity contribution in [3.8, 4) is 11.5 Å². The third kappa shape index (κ3) is 4.95. The summed E-state index contributed by atoms with van der Waals surface area (Å²) < 4.78 is 79.2. The van der Waals surface area contributed by atoms with Gasteiger partial charge in [-0.15, -0.1) is 0 Å². The van der Waals surface area contributed by atoms with Crippen LogP contribution in [0, 0.1) is 11.6 Å². The normalized spacial score (nSPS) is 11.6. The second-order valence-corrected chi connectivity index (χ2v) is 7.34. The van der Waals surface area contributed by atoms with Crippen molar-refractivity contribution >= 4 is 17.1 Å². The highest BCUT2D eigenvalue weighted by atomic mass is 19.4. The second-order valence-electron chi connectivity index (χ2n) is 7.34. The molecule has 0 bridgehead atoms. The fourth-order valence-electron chi connectivity index (χ4n) is 3.61. The average Bonchev–Trinajstić information content (AvgIpc) is 3.17. The number of nitrogens with zero attached hydrogens (tertiary/aromatic N) is 1. The first-order valence-electron chi connectivity index (χ1n) is 9.87. The van der Waals surface area contributed by atoms with Gasteiger partial charge in [0.15, 0.2) is 0 Å². The first-order chi connectivity index (χ1) is 16.1. The Balaban J connectivity index is 1.63. The number of ether oxygens (including phenoxy) is 2.